The molecular weight excluding hydrogens is 376 g/mol. The second kappa shape index (κ2) is 9.25. The summed E-state index contributed by atoms with van der Waals surface area (Å²) in [5.74, 6) is 2.54. The molecule has 8 heteroatoms. The van der Waals surface area contributed by atoms with E-state index in [1.807, 2.05) is 18.7 Å². The van der Waals surface area contributed by atoms with E-state index in [4.69, 9.17) is 15.2 Å². The summed E-state index contributed by atoms with van der Waals surface area (Å²) in [6.07, 6.45) is 2.61. The summed E-state index contributed by atoms with van der Waals surface area (Å²) in [5, 5.41) is 0.399. The number of hydrogen-bond acceptors (Lipinski definition) is 8. The number of thioether (sulfide) groups is 1. The highest BCUT2D eigenvalue weighted by Gasteiger charge is 2.31. The Kier molecular flexibility index (Phi) is 6.74. The van der Waals surface area contributed by atoms with Crippen molar-refractivity contribution >= 4 is 23.5 Å². The molecule has 0 amide bonds. The van der Waals surface area contributed by atoms with Gasteiger partial charge in [0.25, 0.3) is 0 Å². The molecule has 2 atom stereocenters. The predicted molar refractivity (Wildman–Crippen MR) is 110 cm³/mol. The zero-order valence-corrected chi connectivity index (χ0v) is 17.2. The fourth-order valence-electron chi connectivity index (χ4n) is 3.13. The molecule has 1 aliphatic heterocycles. The van der Waals surface area contributed by atoms with Crippen LogP contribution in [0, 0.1) is 6.92 Å². The van der Waals surface area contributed by atoms with Crippen molar-refractivity contribution in [3.8, 4) is 5.75 Å². The van der Waals surface area contributed by atoms with Gasteiger partial charge in [0.05, 0.1) is 19.3 Å². The Balaban J connectivity index is 1.47. The lowest BCUT2D eigenvalue weighted by Crippen LogP contribution is -2.32. The first-order valence-corrected chi connectivity index (χ1v) is 10.3. The van der Waals surface area contributed by atoms with Crippen LogP contribution in [-0.4, -0.2) is 51.7 Å². The van der Waals surface area contributed by atoms with Gasteiger partial charge < -0.3 is 15.2 Å². The largest absolute Gasteiger partial charge is 0.497 e. The number of aromatic nitrogens is 2. The molecule has 0 saturated carbocycles. The number of anilines is 1. The average Bonchev–Trinajstić information content (AvgIpc) is 3.03. The molecule has 0 unspecified atom stereocenters. The summed E-state index contributed by atoms with van der Waals surface area (Å²) in [5.41, 5.74) is 7.50. The van der Waals surface area contributed by atoms with Gasteiger partial charge >= 0.3 is 5.97 Å². The molecule has 1 aromatic carbocycles. The van der Waals surface area contributed by atoms with Gasteiger partial charge in [0.1, 0.15) is 17.4 Å². The fraction of sp³-hybridized carbons (Fsp3) is 0.450. The van der Waals surface area contributed by atoms with Crippen molar-refractivity contribution < 1.29 is 14.3 Å². The van der Waals surface area contributed by atoms with Crippen LogP contribution < -0.4 is 10.5 Å². The number of carbonyl (C=O) groups is 1. The maximum Gasteiger partial charge on any atom is 0.338 e. The van der Waals surface area contributed by atoms with Gasteiger partial charge in [-0.05, 0) is 44.5 Å². The van der Waals surface area contributed by atoms with E-state index in [1.165, 1.54) is 0 Å². The monoisotopic (exact) mass is 402 g/mol. The first kappa shape index (κ1) is 20.4. The van der Waals surface area contributed by atoms with Crippen LogP contribution in [0.25, 0.3) is 0 Å². The van der Waals surface area contributed by atoms with Gasteiger partial charge in [-0.25, -0.2) is 14.8 Å². The molecule has 1 saturated heterocycles. The molecular formula is C20H26N4O3S. The van der Waals surface area contributed by atoms with Gasteiger partial charge in [-0.2, -0.15) is 0 Å². The molecule has 2 N–H and O–H groups in total. The number of nitrogen functional groups attached to an aromatic ring is 1. The van der Waals surface area contributed by atoms with E-state index in [-0.39, 0.29) is 5.97 Å². The first-order valence-electron chi connectivity index (χ1n) is 9.22. The summed E-state index contributed by atoms with van der Waals surface area (Å²) in [6.45, 7) is 5.15. The van der Waals surface area contributed by atoms with Gasteiger partial charge in [-0.15, -0.1) is 11.8 Å². The molecule has 1 fully saturated rings. The van der Waals surface area contributed by atoms with E-state index < -0.39 is 0 Å². The smallest absolute Gasteiger partial charge is 0.338 e. The Hall–Kier alpha value is -2.32. The molecule has 3 rings (SSSR count). The lowest BCUT2D eigenvalue weighted by atomic mass is 10.1. The van der Waals surface area contributed by atoms with Crippen molar-refractivity contribution in [2.75, 3.05) is 25.3 Å². The van der Waals surface area contributed by atoms with E-state index in [2.05, 4.69) is 21.8 Å². The maximum absolute atomic E-state index is 12.2. The Morgan fingerprint density at radius 2 is 2.11 bits per heavy atom. The minimum Gasteiger partial charge on any atom is -0.497 e. The maximum atomic E-state index is 12.2. The Labute approximate surface area is 169 Å². The van der Waals surface area contributed by atoms with Crippen molar-refractivity contribution in [2.24, 2.45) is 0 Å². The molecule has 2 aromatic rings. The second-order valence-electron chi connectivity index (χ2n) is 6.80. The van der Waals surface area contributed by atoms with Crippen LogP contribution in [0.5, 0.6) is 5.75 Å². The highest BCUT2D eigenvalue weighted by atomic mass is 32.2. The summed E-state index contributed by atoms with van der Waals surface area (Å²) in [7, 11) is 1.59. The van der Waals surface area contributed by atoms with Crippen molar-refractivity contribution in [3.63, 3.8) is 0 Å². The molecule has 150 valence electrons. The third kappa shape index (κ3) is 4.94. The van der Waals surface area contributed by atoms with Gasteiger partial charge in [0, 0.05) is 35.5 Å². The number of nitrogens with zero attached hydrogens (tertiary/aromatic N) is 3. The van der Waals surface area contributed by atoms with Crippen LogP contribution in [0.2, 0.25) is 0 Å². The predicted octanol–water partition coefficient (Wildman–Crippen LogP) is 2.89. The number of methoxy groups -OCH3 is 1. The van der Waals surface area contributed by atoms with E-state index in [9.17, 15) is 4.79 Å². The lowest BCUT2D eigenvalue weighted by molar-refractivity contribution is 0.0494. The summed E-state index contributed by atoms with van der Waals surface area (Å²) in [4.78, 5) is 23.0. The number of hydrogen-bond donors (Lipinski definition) is 1. The van der Waals surface area contributed by atoms with Crippen molar-refractivity contribution in [1.82, 2.24) is 14.9 Å². The van der Waals surface area contributed by atoms with Crippen LogP contribution in [0.3, 0.4) is 0 Å². The number of nitrogens with two attached hydrogens (primary N) is 1. The number of ether oxygens (including phenoxy) is 2. The Morgan fingerprint density at radius 1 is 1.36 bits per heavy atom. The normalized spacial score (nSPS) is 19.5. The Bertz CT molecular complexity index is 816. The van der Waals surface area contributed by atoms with Crippen LogP contribution in [-0.2, 0) is 11.3 Å². The van der Waals surface area contributed by atoms with E-state index >= 15 is 0 Å². The average molecular weight is 403 g/mol. The molecule has 7 nitrogen and oxygen atoms in total. The van der Waals surface area contributed by atoms with Gasteiger partial charge in [-0.1, -0.05) is 0 Å². The SMILES string of the molecule is COc1ccc(C(=O)OCC[C@H]2SCN(Cc3cnc(C)nc3N)[C@H]2C)cc1. The van der Waals surface area contributed by atoms with Crippen molar-refractivity contribution in [2.45, 2.75) is 38.1 Å². The second-order valence-corrected chi connectivity index (χ2v) is 8.00. The topological polar surface area (TPSA) is 90.6 Å². The number of aryl methyl sites for hydroxylation is 1. The molecule has 0 spiro atoms. The van der Waals surface area contributed by atoms with E-state index in [0.717, 1.165) is 24.4 Å². The number of esters is 1. The summed E-state index contributed by atoms with van der Waals surface area (Å²) in [6, 6.07) is 7.28. The molecule has 2 heterocycles. The van der Waals surface area contributed by atoms with Crippen LogP contribution >= 0.6 is 11.8 Å². The zero-order chi connectivity index (χ0) is 20.1. The van der Waals surface area contributed by atoms with Crippen LogP contribution in [0.4, 0.5) is 5.82 Å². The van der Waals surface area contributed by atoms with Gasteiger partial charge in [0.15, 0.2) is 0 Å². The van der Waals surface area contributed by atoms with Crippen molar-refractivity contribution in [1.29, 1.82) is 0 Å². The molecule has 1 aliphatic rings. The highest BCUT2D eigenvalue weighted by Crippen LogP contribution is 2.32. The van der Waals surface area contributed by atoms with Gasteiger partial charge in [-0.3, -0.25) is 4.90 Å². The summed E-state index contributed by atoms with van der Waals surface area (Å²) < 4.78 is 10.5. The van der Waals surface area contributed by atoms with Crippen LogP contribution in [0.15, 0.2) is 30.5 Å². The van der Waals surface area contributed by atoms with Crippen LogP contribution in [0.1, 0.15) is 35.1 Å². The molecule has 0 bridgehead atoms. The summed E-state index contributed by atoms with van der Waals surface area (Å²) >= 11 is 1.88. The van der Waals surface area contributed by atoms with E-state index in [0.29, 0.717) is 40.9 Å². The third-order valence-electron chi connectivity index (χ3n) is 4.92. The van der Waals surface area contributed by atoms with Crippen molar-refractivity contribution in [3.05, 3.63) is 47.4 Å². The first-order chi connectivity index (χ1) is 13.5. The van der Waals surface area contributed by atoms with E-state index in [1.54, 1.807) is 37.6 Å². The standard InChI is InChI=1S/C20H26N4O3S/c1-13-18(8-9-27-20(25)15-4-6-17(26-3)7-5-15)28-12-24(13)11-16-10-22-14(2)23-19(16)21/h4-7,10,13,18H,8-9,11-12H2,1-3H3,(H2,21,22,23)/t13-,18+/m0/s1. The lowest BCUT2D eigenvalue weighted by Gasteiger charge is -2.23. The minimum absolute atomic E-state index is 0.306. The minimum atomic E-state index is -0.306. The molecule has 0 aliphatic carbocycles. The molecule has 1 aromatic heterocycles. The molecule has 0 radical (unpaired) electrons. The molecule has 28 heavy (non-hydrogen) atoms. The fourth-order valence-corrected chi connectivity index (χ4v) is 4.55. The van der Waals surface area contributed by atoms with Gasteiger partial charge in [0.2, 0.25) is 0 Å². The highest BCUT2D eigenvalue weighted by molar-refractivity contribution is 8.00. The third-order valence-corrected chi connectivity index (χ3v) is 6.46. The quantitative estimate of drug-likeness (QED) is 0.707. The number of benzene rings is 1. The Morgan fingerprint density at radius 3 is 2.79 bits per heavy atom. The number of carbonyl (C=O) groups excluding carboxylic acids is 1. The number of rotatable bonds is 7. The zero-order valence-electron chi connectivity index (χ0n) is 16.4.